The maximum atomic E-state index is 14.5. The number of hydrogen-bond acceptors (Lipinski definition) is 6. The molecule has 1 aliphatic carbocycles. The van der Waals surface area contributed by atoms with Crippen LogP contribution in [0.15, 0.2) is 36.4 Å². The first-order chi connectivity index (χ1) is 18.4. The summed E-state index contributed by atoms with van der Waals surface area (Å²) in [5.41, 5.74) is 2.39. The molecule has 3 fully saturated rings. The number of imide groups is 1. The van der Waals surface area contributed by atoms with E-state index in [0.717, 1.165) is 44.3 Å². The predicted octanol–water partition coefficient (Wildman–Crippen LogP) is 3.25. The van der Waals surface area contributed by atoms with Crippen molar-refractivity contribution in [3.63, 3.8) is 0 Å². The number of nitriles is 1. The monoisotopic (exact) mass is 516 g/mol. The number of carbonyl (C=O) groups excluding carboxylic acids is 3. The Hall–Kier alpha value is -3.77. The first-order valence-corrected chi connectivity index (χ1v) is 13.3. The van der Waals surface area contributed by atoms with Crippen molar-refractivity contribution in [2.75, 3.05) is 13.1 Å². The number of amides is 3. The summed E-state index contributed by atoms with van der Waals surface area (Å²) in [6.07, 6.45) is 4.70. The molecule has 3 atom stereocenters. The van der Waals surface area contributed by atoms with E-state index in [0.29, 0.717) is 35.4 Å². The SMILES string of the molecule is N#Cc1ccc(C2CN(C3CCCC[C@@H]3Oc3ccc4c(c3)CN(C3CCC(=O)NC3=O)C4=O)C2)c(F)c1. The lowest BCUT2D eigenvalue weighted by molar-refractivity contribution is -0.136. The molecular weight excluding hydrogens is 487 g/mol. The second-order valence-corrected chi connectivity index (χ2v) is 10.7. The molecule has 0 bridgehead atoms. The summed E-state index contributed by atoms with van der Waals surface area (Å²) >= 11 is 0. The molecule has 1 saturated carbocycles. The second-order valence-electron chi connectivity index (χ2n) is 10.7. The van der Waals surface area contributed by atoms with Crippen LogP contribution in [0, 0.1) is 17.1 Å². The summed E-state index contributed by atoms with van der Waals surface area (Å²) in [7, 11) is 0. The van der Waals surface area contributed by atoms with Crippen molar-refractivity contribution in [2.24, 2.45) is 0 Å². The number of likely N-dealkylation sites (tertiary alicyclic amines) is 1. The Labute approximate surface area is 220 Å². The van der Waals surface area contributed by atoms with Crippen LogP contribution in [0.25, 0.3) is 0 Å². The van der Waals surface area contributed by atoms with Crippen LogP contribution in [0.4, 0.5) is 4.39 Å². The van der Waals surface area contributed by atoms with E-state index in [2.05, 4.69) is 10.2 Å². The largest absolute Gasteiger partial charge is 0.489 e. The summed E-state index contributed by atoms with van der Waals surface area (Å²) in [6, 6.07) is 11.8. The standard InChI is InChI=1S/C29H29FN4O4/c30-23-11-17(13-31)5-7-21(23)19-14-33(15-19)24-3-1-2-4-26(24)38-20-6-8-22-18(12-20)16-34(29(22)37)25-9-10-27(35)32-28(25)36/h5-8,11-12,19,24-26H,1-4,9-10,14-16H2,(H,32,35,36)/t24?,25?,26-/m0/s1. The molecule has 0 aromatic heterocycles. The topological polar surface area (TPSA) is 103 Å². The molecule has 2 saturated heterocycles. The van der Waals surface area contributed by atoms with Crippen LogP contribution in [-0.4, -0.2) is 58.8 Å². The molecule has 38 heavy (non-hydrogen) atoms. The molecule has 6 rings (SSSR count). The van der Waals surface area contributed by atoms with E-state index in [1.165, 1.54) is 6.07 Å². The minimum Gasteiger partial charge on any atom is -0.489 e. The van der Waals surface area contributed by atoms with Crippen LogP contribution in [0.3, 0.4) is 0 Å². The third kappa shape index (κ3) is 4.43. The van der Waals surface area contributed by atoms with E-state index in [1.54, 1.807) is 23.1 Å². The molecule has 196 valence electrons. The quantitative estimate of drug-likeness (QED) is 0.612. The number of piperidine rings is 1. The maximum absolute atomic E-state index is 14.5. The number of fused-ring (bicyclic) bond motifs is 1. The third-order valence-corrected chi connectivity index (χ3v) is 8.40. The van der Waals surface area contributed by atoms with Gasteiger partial charge in [-0.25, -0.2) is 4.39 Å². The number of ether oxygens (including phenoxy) is 1. The van der Waals surface area contributed by atoms with Gasteiger partial charge in [0.1, 0.15) is 23.7 Å². The van der Waals surface area contributed by atoms with Crippen molar-refractivity contribution in [3.8, 4) is 11.8 Å². The van der Waals surface area contributed by atoms with Crippen molar-refractivity contribution in [3.05, 3.63) is 64.5 Å². The highest BCUT2D eigenvalue weighted by molar-refractivity contribution is 6.05. The van der Waals surface area contributed by atoms with Gasteiger partial charge in [-0.1, -0.05) is 12.5 Å². The predicted molar refractivity (Wildman–Crippen MR) is 135 cm³/mol. The Morgan fingerprint density at radius 2 is 1.84 bits per heavy atom. The van der Waals surface area contributed by atoms with Gasteiger partial charge in [-0.3, -0.25) is 24.6 Å². The van der Waals surface area contributed by atoms with Crippen molar-refractivity contribution in [1.29, 1.82) is 5.26 Å². The molecule has 3 aliphatic heterocycles. The molecule has 2 unspecified atom stereocenters. The minimum atomic E-state index is -0.639. The first kappa shape index (κ1) is 24.6. The van der Waals surface area contributed by atoms with E-state index in [9.17, 15) is 18.8 Å². The van der Waals surface area contributed by atoms with Gasteiger partial charge in [-0.05, 0) is 67.1 Å². The van der Waals surface area contributed by atoms with Gasteiger partial charge in [0, 0.05) is 43.6 Å². The normalized spacial score (nSPS) is 25.9. The van der Waals surface area contributed by atoms with E-state index in [1.807, 2.05) is 18.2 Å². The van der Waals surface area contributed by atoms with Crippen LogP contribution in [0.1, 0.15) is 71.5 Å². The van der Waals surface area contributed by atoms with Gasteiger partial charge in [0.15, 0.2) is 0 Å². The lowest BCUT2D eigenvalue weighted by atomic mass is 9.84. The van der Waals surface area contributed by atoms with Crippen LogP contribution >= 0.6 is 0 Å². The number of nitrogens with zero attached hydrogens (tertiary/aromatic N) is 3. The smallest absolute Gasteiger partial charge is 0.255 e. The molecule has 4 aliphatic rings. The lowest BCUT2D eigenvalue weighted by Gasteiger charge is -2.48. The molecule has 2 aromatic carbocycles. The molecule has 9 heteroatoms. The van der Waals surface area contributed by atoms with Gasteiger partial charge < -0.3 is 9.64 Å². The molecule has 0 radical (unpaired) electrons. The summed E-state index contributed by atoms with van der Waals surface area (Å²) in [6.45, 7) is 1.83. The summed E-state index contributed by atoms with van der Waals surface area (Å²) in [5, 5.41) is 11.3. The van der Waals surface area contributed by atoms with Crippen molar-refractivity contribution >= 4 is 17.7 Å². The molecule has 0 spiro atoms. The fraction of sp³-hybridized carbons (Fsp3) is 0.448. The van der Waals surface area contributed by atoms with Gasteiger partial charge in [0.25, 0.3) is 5.91 Å². The number of nitrogens with one attached hydrogen (secondary N) is 1. The van der Waals surface area contributed by atoms with Gasteiger partial charge >= 0.3 is 0 Å². The molecule has 3 heterocycles. The Bertz CT molecular complexity index is 1350. The number of carbonyl (C=O) groups is 3. The molecule has 3 amide bonds. The zero-order valence-electron chi connectivity index (χ0n) is 21.0. The number of hydrogen-bond donors (Lipinski definition) is 1. The minimum absolute atomic E-state index is 0.00287. The molecular formula is C29H29FN4O4. The Kier molecular flexibility index (Phi) is 6.36. The average Bonchev–Trinajstić information content (AvgIpc) is 3.20. The van der Waals surface area contributed by atoms with E-state index in [-0.39, 0.29) is 42.1 Å². The zero-order valence-corrected chi connectivity index (χ0v) is 21.0. The average molecular weight is 517 g/mol. The van der Waals surface area contributed by atoms with Crippen molar-refractivity contribution < 1.29 is 23.5 Å². The third-order valence-electron chi connectivity index (χ3n) is 8.40. The Balaban J connectivity index is 1.11. The first-order valence-electron chi connectivity index (χ1n) is 13.3. The van der Waals surface area contributed by atoms with Crippen LogP contribution in [0.5, 0.6) is 5.75 Å². The fourth-order valence-electron chi connectivity index (χ4n) is 6.34. The highest BCUT2D eigenvalue weighted by Gasteiger charge is 2.41. The van der Waals surface area contributed by atoms with E-state index in [4.69, 9.17) is 10.00 Å². The summed E-state index contributed by atoms with van der Waals surface area (Å²) < 4.78 is 21.0. The second kappa shape index (κ2) is 9.84. The highest BCUT2D eigenvalue weighted by Crippen LogP contribution is 2.37. The molecule has 1 N–H and O–H groups in total. The number of halogens is 1. The summed E-state index contributed by atoms with van der Waals surface area (Å²) in [4.78, 5) is 40.7. The van der Waals surface area contributed by atoms with E-state index >= 15 is 0 Å². The summed E-state index contributed by atoms with van der Waals surface area (Å²) in [5.74, 6) is -0.424. The van der Waals surface area contributed by atoms with Gasteiger partial charge in [0.2, 0.25) is 11.8 Å². The maximum Gasteiger partial charge on any atom is 0.255 e. The van der Waals surface area contributed by atoms with Crippen molar-refractivity contribution in [1.82, 2.24) is 15.1 Å². The lowest BCUT2D eigenvalue weighted by Crippen LogP contribution is -2.57. The Morgan fingerprint density at radius 1 is 1.03 bits per heavy atom. The van der Waals surface area contributed by atoms with Gasteiger partial charge in [-0.15, -0.1) is 0 Å². The number of benzene rings is 2. The van der Waals surface area contributed by atoms with Crippen molar-refractivity contribution in [2.45, 2.75) is 69.2 Å². The van der Waals surface area contributed by atoms with Crippen LogP contribution in [0.2, 0.25) is 0 Å². The highest BCUT2D eigenvalue weighted by atomic mass is 19.1. The molecule has 8 nitrogen and oxygen atoms in total. The number of rotatable bonds is 5. The fourth-order valence-corrected chi connectivity index (χ4v) is 6.34. The van der Waals surface area contributed by atoms with Gasteiger partial charge in [0.05, 0.1) is 11.6 Å². The van der Waals surface area contributed by atoms with Gasteiger partial charge in [-0.2, -0.15) is 5.26 Å². The molecule has 2 aromatic rings. The van der Waals surface area contributed by atoms with Crippen LogP contribution < -0.4 is 10.1 Å². The zero-order chi connectivity index (χ0) is 26.4. The van der Waals surface area contributed by atoms with E-state index < -0.39 is 11.9 Å². The van der Waals surface area contributed by atoms with Crippen LogP contribution in [-0.2, 0) is 16.1 Å². The Morgan fingerprint density at radius 3 is 2.61 bits per heavy atom.